The van der Waals surface area contributed by atoms with Gasteiger partial charge >= 0.3 is 0 Å². The standard InChI is InChI=1S/C21H24N4OS/c1-14-9-11-17(12-10-14)13-22-20(26)16(3)27-21-24-23-19(25(21)4)18-8-6-5-7-15(18)2/h5-12,16H,13H2,1-4H3,(H,22,26)/t16-/m0/s1. The first kappa shape index (κ1) is 19.2. The molecule has 3 rings (SSSR count). The summed E-state index contributed by atoms with van der Waals surface area (Å²) < 4.78 is 1.94. The zero-order chi connectivity index (χ0) is 19.4. The van der Waals surface area contributed by atoms with Crippen molar-refractivity contribution in [2.75, 3.05) is 0 Å². The van der Waals surface area contributed by atoms with E-state index in [1.807, 2.05) is 67.9 Å². The van der Waals surface area contributed by atoms with Gasteiger partial charge in [0.1, 0.15) is 0 Å². The smallest absolute Gasteiger partial charge is 0.233 e. The molecule has 6 heteroatoms. The van der Waals surface area contributed by atoms with Crippen LogP contribution < -0.4 is 5.32 Å². The number of nitrogens with one attached hydrogen (secondary N) is 1. The highest BCUT2D eigenvalue weighted by atomic mass is 32.2. The molecule has 0 fully saturated rings. The lowest BCUT2D eigenvalue weighted by Crippen LogP contribution is -2.30. The highest BCUT2D eigenvalue weighted by Crippen LogP contribution is 2.27. The molecule has 1 amide bonds. The van der Waals surface area contributed by atoms with E-state index >= 15 is 0 Å². The minimum absolute atomic E-state index is 0.0129. The molecule has 0 bridgehead atoms. The second-order valence-corrected chi connectivity index (χ2v) is 7.95. The summed E-state index contributed by atoms with van der Waals surface area (Å²) in [7, 11) is 1.93. The van der Waals surface area contributed by atoms with Crippen LogP contribution in [-0.2, 0) is 18.4 Å². The molecular formula is C21H24N4OS. The molecule has 1 atom stereocenters. The summed E-state index contributed by atoms with van der Waals surface area (Å²) in [6, 6.07) is 16.2. The van der Waals surface area contributed by atoms with E-state index in [4.69, 9.17) is 0 Å². The quantitative estimate of drug-likeness (QED) is 0.659. The molecule has 1 aromatic heterocycles. The van der Waals surface area contributed by atoms with Crippen molar-refractivity contribution in [1.29, 1.82) is 0 Å². The second-order valence-electron chi connectivity index (χ2n) is 6.64. The van der Waals surface area contributed by atoms with Gasteiger partial charge in [-0.05, 0) is 31.9 Å². The van der Waals surface area contributed by atoms with E-state index in [0.717, 1.165) is 27.7 Å². The van der Waals surface area contributed by atoms with Gasteiger partial charge in [-0.1, -0.05) is 65.9 Å². The van der Waals surface area contributed by atoms with E-state index in [2.05, 4.69) is 28.5 Å². The summed E-state index contributed by atoms with van der Waals surface area (Å²) in [4.78, 5) is 12.4. The van der Waals surface area contributed by atoms with Crippen LogP contribution in [0, 0.1) is 13.8 Å². The van der Waals surface area contributed by atoms with Crippen LogP contribution in [0.15, 0.2) is 53.7 Å². The molecule has 0 unspecified atom stereocenters. The zero-order valence-electron chi connectivity index (χ0n) is 16.1. The van der Waals surface area contributed by atoms with E-state index in [1.54, 1.807) is 0 Å². The fraction of sp³-hybridized carbons (Fsp3) is 0.286. The third-order valence-electron chi connectivity index (χ3n) is 4.46. The van der Waals surface area contributed by atoms with Crippen LogP contribution in [0.1, 0.15) is 23.6 Å². The number of thioether (sulfide) groups is 1. The molecule has 1 N–H and O–H groups in total. The number of rotatable bonds is 6. The molecule has 0 aliphatic heterocycles. The molecule has 5 nitrogen and oxygen atoms in total. The number of nitrogens with zero attached hydrogens (tertiary/aromatic N) is 3. The molecule has 2 aromatic carbocycles. The number of benzene rings is 2. The summed E-state index contributed by atoms with van der Waals surface area (Å²) in [5, 5.41) is 12.1. The summed E-state index contributed by atoms with van der Waals surface area (Å²) in [5.41, 5.74) is 4.50. The minimum Gasteiger partial charge on any atom is -0.351 e. The molecule has 0 saturated heterocycles. The fourth-order valence-corrected chi connectivity index (χ4v) is 3.57. The van der Waals surface area contributed by atoms with Crippen LogP contribution >= 0.6 is 11.8 Å². The van der Waals surface area contributed by atoms with Crippen molar-refractivity contribution in [2.45, 2.75) is 37.7 Å². The van der Waals surface area contributed by atoms with Crippen molar-refractivity contribution in [3.05, 3.63) is 65.2 Å². The van der Waals surface area contributed by atoms with Gasteiger partial charge in [-0.25, -0.2) is 0 Å². The third kappa shape index (κ3) is 4.57. The van der Waals surface area contributed by atoms with Gasteiger partial charge in [0.25, 0.3) is 0 Å². The highest BCUT2D eigenvalue weighted by Gasteiger charge is 2.19. The van der Waals surface area contributed by atoms with E-state index in [0.29, 0.717) is 6.54 Å². The van der Waals surface area contributed by atoms with Crippen molar-refractivity contribution in [1.82, 2.24) is 20.1 Å². The van der Waals surface area contributed by atoms with Gasteiger partial charge in [0.2, 0.25) is 5.91 Å². The molecule has 3 aromatic rings. The van der Waals surface area contributed by atoms with Gasteiger partial charge in [0.15, 0.2) is 11.0 Å². The number of hydrogen-bond acceptors (Lipinski definition) is 4. The number of carbonyl (C=O) groups excluding carboxylic acids is 1. The Hall–Kier alpha value is -2.60. The van der Waals surface area contributed by atoms with Gasteiger partial charge in [0, 0.05) is 19.2 Å². The maximum absolute atomic E-state index is 12.4. The highest BCUT2D eigenvalue weighted by molar-refractivity contribution is 8.00. The maximum atomic E-state index is 12.4. The number of carbonyl (C=O) groups is 1. The van der Waals surface area contributed by atoms with Crippen LogP contribution in [0.3, 0.4) is 0 Å². The second kappa shape index (κ2) is 8.39. The molecule has 0 radical (unpaired) electrons. The predicted molar refractivity (Wildman–Crippen MR) is 110 cm³/mol. The Balaban J connectivity index is 1.64. The van der Waals surface area contributed by atoms with Crippen LogP contribution in [-0.4, -0.2) is 25.9 Å². The number of hydrogen-bond donors (Lipinski definition) is 1. The van der Waals surface area contributed by atoms with Crippen LogP contribution in [0.4, 0.5) is 0 Å². The lowest BCUT2D eigenvalue weighted by molar-refractivity contribution is -0.120. The fourth-order valence-electron chi connectivity index (χ4n) is 2.73. The Labute approximate surface area is 164 Å². The molecule has 0 aliphatic carbocycles. The lowest BCUT2D eigenvalue weighted by atomic mass is 10.1. The minimum atomic E-state index is -0.261. The Morgan fingerprint density at radius 1 is 1.11 bits per heavy atom. The summed E-state index contributed by atoms with van der Waals surface area (Å²) in [5.74, 6) is 0.795. The Morgan fingerprint density at radius 2 is 1.81 bits per heavy atom. The first-order valence-corrected chi connectivity index (χ1v) is 9.79. The molecule has 27 heavy (non-hydrogen) atoms. The molecule has 0 spiro atoms. The first-order valence-electron chi connectivity index (χ1n) is 8.91. The van der Waals surface area contributed by atoms with Crippen LogP contribution in [0.2, 0.25) is 0 Å². The van der Waals surface area contributed by atoms with Crippen molar-refractivity contribution < 1.29 is 4.79 Å². The average Bonchev–Trinajstić information content (AvgIpc) is 3.01. The van der Waals surface area contributed by atoms with Crippen molar-refractivity contribution >= 4 is 17.7 Å². The van der Waals surface area contributed by atoms with Gasteiger partial charge in [0.05, 0.1) is 5.25 Å². The van der Waals surface area contributed by atoms with Gasteiger partial charge in [-0.15, -0.1) is 10.2 Å². The third-order valence-corrected chi connectivity index (χ3v) is 5.59. The largest absolute Gasteiger partial charge is 0.351 e. The van der Waals surface area contributed by atoms with Crippen molar-refractivity contribution in [2.24, 2.45) is 7.05 Å². The zero-order valence-corrected chi connectivity index (χ0v) is 16.9. The topological polar surface area (TPSA) is 59.8 Å². The van der Waals surface area contributed by atoms with Gasteiger partial charge in [-0.3, -0.25) is 4.79 Å². The van der Waals surface area contributed by atoms with Crippen molar-refractivity contribution in [3.8, 4) is 11.4 Å². The molecule has 140 valence electrons. The normalized spacial score (nSPS) is 12.0. The maximum Gasteiger partial charge on any atom is 0.233 e. The monoisotopic (exact) mass is 380 g/mol. The Kier molecular flexibility index (Phi) is 5.96. The molecule has 0 aliphatic rings. The number of aromatic nitrogens is 3. The predicted octanol–water partition coefficient (Wildman–Crippen LogP) is 3.90. The van der Waals surface area contributed by atoms with E-state index in [9.17, 15) is 4.79 Å². The lowest BCUT2D eigenvalue weighted by Gasteiger charge is -2.12. The Morgan fingerprint density at radius 3 is 2.52 bits per heavy atom. The van der Waals surface area contributed by atoms with Crippen LogP contribution in [0.5, 0.6) is 0 Å². The van der Waals surface area contributed by atoms with Gasteiger partial charge < -0.3 is 9.88 Å². The number of aryl methyl sites for hydroxylation is 2. The van der Waals surface area contributed by atoms with Crippen LogP contribution in [0.25, 0.3) is 11.4 Å². The van der Waals surface area contributed by atoms with E-state index in [-0.39, 0.29) is 11.2 Å². The van der Waals surface area contributed by atoms with Gasteiger partial charge in [-0.2, -0.15) is 0 Å². The SMILES string of the molecule is Cc1ccc(CNC(=O)[C@H](C)Sc2nnc(-c3ccccc3C)n2C)cc1. The summed E-state index contributed by atoms with van der Waals surface area (Å²) in [6.07, 6.45) is 0. The molecule has 0 saturated carbocycles. The summed E-state index contributed by atoms with van der Waals surface area (Å²) in [6.45, 7) is 6.51. The molecule has 1 heterocycles. The first-order chi connectivity index (χ1) is 13.0. The summed E-state index contributed by atoms with van der Waals surface area (Å²) >= 11 is 1.41. The van der Waals surface area contributed by atoms with E-state index < -0.39 is 0 Å². The molecular weight excluding hydrogens is 356 g/mol. The van der Waals surface area contributed by atoms with Crippen molar-refractivity contribution in [3.63, 3.8) is 0 Å². The van der Waals surface area contributed by atoms with E-state index in [1.165, 1.54) is 17.3 Å². The Bertz CT molecular complexity index is 934. The average molecular weight is 381 g/mol. The number of amides is 1.